The highest BCUT2D eigenvalue weighted by Gasteiger charge is 2.60. The van der Waals surface area contributed by atoms with Gasteiger partial charge in [-0.05, 0) is 92.0 Å². The largest absolute Gasteiger partial charge is 0.493 e. The third kappa shape index (κ3) is 2.42. The molecule has 6 rings (SSSR count). The molecule has 4 bridgehead atoms. The number of benzene rings is 1. The summed E-state index contributed by atoms with van der Waals surface area (Å²) < 4.78 is 11.1. The standard InChI is InChI=1S/C21H28ClNO2/c1-24-17-6-15-3-4-23-19(16(15)7-18(17)25-2)20-8-13-5-14(9-20)11-21(22,10-13)12-20/h6-7,13-14,19,23H,3-5,8-12H2,1-2H3. The summed E-state index contributed by atoms with van der Waals surface area (Å²) in [6.07, 6.45) is 8.77. The van der Waals surface area contributed by atoms with Crippen molar-refractivity contribution >= 4 is 11.6 Å². The summed E-state index contributed by atoms with van der Waals surface area (Å²) in [6.45, 7) is 1.04. The molecule has 0 amide bonds. The van der Waals surface area contributed by atoms with Gasteiger partial charge in [-0.2, -0.15) is 0 Å². The zero-order valence-corrected chi connectivity index (χ0v) is 16.0. The maximum absolute atomic E-state index is 7.10. The van der Waals surface area contributed by atoms with Crippen LogP contribution < -0.4 is 14.8 Å². The Kier molecular flexibility index (Phi) is 3.60. The van der Waals surface area contributed by atoms with Gasteiger partial charge in [0.05, 0.1) is 14.2 Å². The van der Waals surface area contributed by atoms with Gasteiger partial charge in [0, 0.05) is 10.9 Å². The fourth-order valence-electron chi connectivity index (χ4n) is 6.99. The predicted octanol–water partition coefficient (Wildman–Crippen LogP) is 4.47. The second-order valence-corrected chi connectivity index (χ2v) is 9.82. The number of halogens is 1. The van der Waals surface area contributed by atoms with Gasteiger partial charge >= 0.3 is 0 Å². The van der Waals surface area contributed by atoms with E-state index in [4.69, 9.17) is 21.1 Å². The molecule has 0 aromatic heterocycles. The minimum Gasteiger partial charge on any atom is -0.493 e. The van der Waals surface area contributed by atoms with Crippen molar-refractivity contribution in [3.05, 3.63) is 23.3 Å². The lowest BCUT2D eigenvalue weighted by Crippen LogP contribution is -2.58. The Morgan fingerprint density at radius 2 is 1.72 bits per heavy atom. The van der Waals surface area contributed by atoms with Crippen LogP contribution in [0.5, 0.6) is 11.5 Å². The van der Waals surface area contributed by atoms with Crippen LogP contribution >= 0.6 is 11.6 Å². The average molecular weight is 362 g/mol. The molecule has 0 radical (unpaired) electrons. The third-order valence-corrected chi connectivity index (χ3v) is 7.79. The number of alkyl halides is 1. The number of hydrogen-bond donors (Lipinski definition) is 1. The molecule has 1 heterocycles. The summed E-state index contributed by atoms with van der Waals surface area (Å²) in [5.74, 6) is 3.35. The van der Waals surface area contributed by atoms with Crippen molar-refractivity contribution in [1.29, 1.82) is 0 Å². The van der Waals surface area contributed by atoms with Crippen molar-refractivity contribution in [2.24, 2.45) is 17.3 Å². The van der Waals surface area contributed by atoms with Crippen LogP contribution in [0.25, 0.3) is 0 Å². The summed E-state index contributed by atoms with van der Waals surface area (Å²) in [5.41, 5.74) is 3.16. The first kappa shape index (κ1) is 16.3. The first-order valence-corrected chi connectivity index (χ1v) is 10.1. The van der Waals surface area contributed by atoms with Crippen LogP contribution in [0.2, 0.25) is 0 Å². The first-order valence-electron chi connectivity index (χ1n) is 9.71. The van der Waals surface area contributed by atoms with Gasteiger partial charge in [-0.1, -0.05) is 0 Å². The van der Waals surface area contributed by atoms with E-state index in [0.717, 1.165) is 36.3 Å². The second kappa shape index (κ2) is 5.53. The van der Waals surface area contributed by atoms with E-state index in [9.17, 15) is 0 Å². The minimum absolute atomic E-state index is 0.0555. The first-order chi connectivity index (χ1) is 12.0. The molecule has 4 fully saturated rings. The molecule has 1 aromatic carbocycles. The molecule has 0 saturated heterocycles. The number of ether oxygens (including phenoxy) is 2. The molecule has 3 atom stereocenters. The van der Waals surface area contributed by atoms with E-state index in [2.05, 4.69) is 17.4 Å². The van der Waals surface area contributed by atoms with Gasteiger partial charge in [0.1, 0.15) is 0 Å². The van der Waals surface area contributed by atoms with Crippen molar-refractivity contribution < 1.29 is 9.47 Å². The topological polar surface area (TPSA) is 30.5 Å². The number of nitrogens with one attached hydrogen (secondary N) is 1. The van der Waals surface area contributed by atoms with Crippen LogP contribution in [0.15, 0.2) is 12.1 Å². The summed E-state index contributed by atoms with van der Waals surface area (Å²) in [6, 6.07) is 4.82. The third-order valence-electron chi connectivity index (χ3n) is 7.35. The summed E-state index contributed by atoms with van der Waals surface area (Å²) in [5, 5.41) is 3.88. The minimum atomic E-state index is 0.0555. The van der Waals surface area contributed by atoms with Gasteiger partial charge in [-0.25, -0.2) is 0 Å². The Morgan fingerprint density at radius 3 is 2.36 bits per heavy atom. The molecule has 4 heteroatoms. The van der Waals surface area contributed by atoms with E-state index in [1.54, 1.807) is 14.2 Å². The highest BCUT2D eigenvalue weighted by Crippen LogP contribution is 2.67. The lowest BCUT2D eigenvalue weighted by Gasteiger charge is -2.63. The average Bonchev–Trinajstić information content (AvgIpc) is 2.57. The predicted molar refractivity (Wildman–Crippen MR) is 99.7 cm³/mol. The molecule has 3 unspecified atom stereocenters. The highest BCUT2D eigenvalue weighted by molar-refractivity contribution is 6.24. The van der Waals surface area contributed by atoms with Crippen molar-refractivity contribution in [1.82, 2.24) is 5.32 Å². The van der Waals surface area contributed by atoms with Gasteiger partial charge in [0.15, 0.2) is 11.5 Å². The van der Waals surface area contributed by atoms with E-state index in [-0.39, 0.29) is 4.87 Å². The Bertz CT molecular complexity index is 689. The monoisotopic (exact) mass is 361 g/mol. The van der Waals surface area contributed by atoms with Crippen LogP contribution in [0.1, 0.15) is 55.7 Å². The summed E-state index contributed by atoms with van der Waals surface area (Å²) in [7, 11) is 3.45. The van der Waals surface area contributed by atoms with E-state index in [0.29, 0.717) is 11.5 Å². The molecular formula is C21H28ClNO2. The Hall–Kier alpha value is -0.930. The zero-order chi connectivity index (χ0) is 17.2. The van der Waals surface area contributed by atoms with Gasteiger partial charge in [0.2, 0.25) is 0 Å². The quantitative estimate of drug-likeness (QED) is 0.806. The number of hydrogen-bond acceptors (Lipinski definition) is 3. The highest BCUT2D eigenvalue weighted by atomic mass is 35.5. The smallest absolute Gasteiger partial charge is 0.161 e. The number of fused-ring (bicyclic) bond motifs is 1. The van der Waals surface area contributed by atoms with Crippen molar-refractivity contribution in [3.8, 4) is 11.5 Å². The molecule has 25 heavy (non-hydrogen) atoms. The molecule has 3 nitrogen and oxygen atoms in total. The maximum Gasteiger partial charge on any atom is 0.161 e. The lowest BCUT2D eigenvalue weighted by molar-refractivity contribution is -0.0647. The van der Waals surface area contributed by atoms with E-state index in [1.165, 1.54) is 49.7 Å². The molecular weight excluding hydrogens is 334 g/mol. The molecule has 5 aliphatic rings. The number of methoxy groups -OCH3 is 2. The molecule has 1 N–H and O–H groups in total. The van der Waals surface area contributed by atoms with Crippen LogP contribution in [-0.2, 0) is 6.42 Å². The fourth-order valence-corrected chi connectivity index (χ4v) is 7.69. The van der Waals surface area contributed by atoms with Gasteiger partial charge in [-0.15, -0.1) is 11.6 Å². The van der Waals surface area contributed by atoms with E-state index >= 15 is 0 Å². The molecule has 1 aromatic rings. The van der Waals surface area contributed by atoms with Crippen molar-refractivity contribution in [2.75, 3.05) is 20.8 Å². The normalized spacial score (nSPS) is 41.5. The SMILES string of the molecule is COc1cc2c(cc1OC)C(C13CC4CC(CC(Cl)(C4)C1)C3)NCC2. The fraction of sp³-hybridized carbons (Fsp3) is 0.714. The van der Waals surface area contributed by atoms with E-state index in [1.807, 2.05) is 0 Å². The van der Waals surface area contributed by atoms with Crippen molar-refractivity contribution in [2.45, 2.75) is 55.9 Å². The maximum atomic E-state index is 7.10. The molecule has 1 aliphatic heterocycles. The van der Waals surface area contributed by atoms with Gasteiger partial charge in [0.25, 0.3) is 0 Å². The molecule has 4 saturated carbocycles. The molecule has 136 valence electrons. The van der Waals surface area contributed by atoms with Gasteiger partial charge in [-0.3, -0.25) is 0 Å². The van der Waals surface area contributed by atoms with E-state index < -0.39 is 0 Å². The van der Waals surface area contributed by atoms with Gasteiger partial charge < -0.3 is 14.8 Å². The van der Waals surface area contributed by atoms with Crippen molar-refractivity contribution in [3.63, 3.8) is 0 Å². The Labute approximate surface area is 155 Å². The van der Waals surface area contributed by atoms with Crippen LogP contribution in [-0.4, -0.2) is 25.6 Å². The lowest BCUT2D eigenvalue weighted by atomic mass is 9.46. The zero-order valence-electron chi connectivity index (χ0n) is 15.2. The number of rotatable bonds is 3. The summed E-state index contributed by atoms with van der Waals surface area (Å²) >= 11 is 7.10. The van der Waals surface area contributed by atoms with Crippen LogP contribution in [0, 0.1) is 17.3 Å². The Balaban J connectivity index is 1.58. The summed E-state index contributed by atoms with van der Waals surface area (Å²) in [4.78, 5) is 0.0555. The molecule has 4 aliphatic carbocycles. The van der Waals surface area contributed by atoms with Crippen LogP contribution in [0.4, 0.5) is 0 Å². The van der Waals surface area contributed by atoms with Crippen LogP contribution in [0.3, 0.4) is 0 Å². The Morgan fingerprint density at radius 1 is 1.04 bits per heavy atom. The molecule has 0 spiro atoms. The second-order valence-electron chi connectivity index (χ2n) is 9.02.